The van der Waals surface area contributed by atoms with Gasteiger partial charge in [-0.05, 0) is 6.42 Å². The molecule has 1 rings (SSSR count). The third kappa shape index (κ3) is 36.4. The van der Waals surface area contributed by atoms with Crippen molar-refractivity contribution in [3.05, 3.63) is 12.2 Å². The monoisotopic (exact) mass is 235 g/mol. The fraction of sp³-hybridized carbons (Fsp3) is 0.333. The molecule has 4 heteroatoms. The first kappa shape index (κ1) is 8.49. The Morgan fingerprint density at radius 2 is 1.29 bits per heavy atom. The Balaban J connectivity index is 0.000000105. The summed E-state index contributed by atoms with van der Waals surface area (Å²) in [6.45, 7) is 0. The summed E-state index contributed by atoms with van der Waals surface area (Å²) in [5, 5.41) is 0. The first-order valence-electron chi connectivity index (χ1n) is 1.72. The van der Waals surface area contributed by atoms with E-state index in [-0.39, 0.29) is 0 Å². The van der Waals surface area contributed by atoms with E-state index in [1.807, 2.05) is 0 Å². The molecule has 0 N–H and O–H groups in total. The second-order valence-electron chi connectivity index (χ2n) is 0.921. The fourth-order valence-electron chi connectivity index (χ4n) is 0. The molecule has 0 saturated carbocycles. The molecule has 0 saturated heterocycles. The van der Waals surface area contributed by atoms with Crippen LogP contribution in [0.3, 0.4) is 0 Å². The van der Waals surface area contributed by atoms with Crippen molar-refractivity contribution in [2.24, 2.45) is 0 Å². The average molecular weight is 238 g/mol. The standard InChI is InChI=1S/C3H4.3ClH.Zr/c1-2-3-1;;;;/h1-2H,3H2;3*1H;/q;;;;+3/p-3. The van der Waals surface area contributed by atoms with E-state index >= 15 is 0 Å². The van der Waals surface area contributed by atoms with Crippen LogP contribution >= 0.6 is 25.5 Å². The van der Waals surface area contributed by atoms with E-state index in [1.54, 1.807) is 0 Å². The third-order valence-electron chi connectivity index (χ3n) is 0.236. The molecule has 0 fully saturated rings. The predicted octanol–water partition coefficient (Wildman–Crippen LogP) is 3.01. The van der Waals surface area contributed by atoms with E-state index in [1.165, 1.54) is 6.42 Å². The summed E-state index contributed by atoms with van der Waals surface area (Å²) in [6.07, 6.45) is 5.50. The Hall–Kier alpha value is 1.49. The van der Waals surface area contributed by atoms with Gasteiger partial charge in [-0.3, -0.25) is 0 Å². The van der Waals surface area contributed by atoms with Gasteiger partial charge in [-0.15, -0.1) is 0 Å². The van der Waals surface area contributed by atoms with E-state index in [2.05, 4.69) is 12.2 Å². The van der Waals surface area contributed by atoms with Crippen LogP contribution in [0.25, 0.3) is 0 Å². The molecule has 1 aliphatic rings. The summed E-state index contributed by atoms with van der Waals surface area (Å²) in [5.41, 5.74) is 0. The first-order chi connectivity index (χ1) is 3.23. The average Bonchev–Trinajstić information content (AvgIpc) is 2.02. The summed E-state index contributed by atoms with van der Waals surface area (Å²) in [5.74, 6) is 0. The topological polar surface area (TPSA) is 0 Å². The molecule has 0 aromatic carbocycles. The van der Waals surface area contributed by atoms with Crippen LogP contribution in [0.15, 0.2) is 12.2 Å². The summed E-state index contributed by atoms with van der Waals surface area (Å²) in [6, 6.07) is 0. The number of hydrogen-bond acceptors (Lipinski definition) is 0. The molecule has 0 aromatic heterocycles. The van der Waals surface area contributed by atoms with Gasteiger partial charge >= 0.3 is 43.7 Å². The van der Waals surface area contributed by atoms with Crippen molar-refractivity contribution < 1.29 is 18.2 Å². The Bertz CT molecular complexity index is 54.4. The number of hydrogen-bond donors (Lipinski definition) is 0. The minimum atomic E-state index is -2.13. The zero-order valence-electron chi connectivity index (χ0n) is 3.50. The van der Waals surface area contributed by atoms with Crippen LogP contribution in [0, 0.1) is 0 Å². The fourth-order valence-corrected chi connectivity index (χ4v) is 0. The van der Waals surface area contributed by atoms with Crippen LogP contribution in [0.4, 0.5) is 0 Å². The predicted molar refractivity (Wildman–Crippen MR) is 31.3 cm³/mol. The molecule has 0 aliphatic heterocycles. The Labute approximate surface area is 61.8 Å². The SMILES string of the molecule is C1=CC1.[Cl][Zr]([Cl])[Cl]. The molecule has 0 atom stereocenters. The van der Waals surface area contributed by atoms with E-state index in [9.17, 15) is 0 Å². The van der Waals surface area contributed by atoms with E-state index in [0.717, 1.165) is 0 Å². The van der Waals surface area contributed by atoms with Crippen molar-refractivity contribution in [1.29, 1.82) is 0 Å². The van der Waals surface area contributed by atoms with Crippen molar-refractivity contribution in [2.45, 2.75) is 6.42 Å². The molecule has 0 aromatic rings. The molecule has 0 amide bonds. The van der Waals surface area contributed by atoms with E-state index in [0.29, 0.717) is 0 Å². The van der Waals surface area contributed by atoms with Crippen LogP contribution in [0.2, 0.25) is 0 Å². The third-order valence-corrected chi connectivity index (χ3v) is 0.236. The van der Waals surface area contributed by atoms with E-state index in [4.69, 9.17) is 25.5 Å². The van der Waals surface area contributed by atoms with Crippen molar-refractivity contribution in [1.82, 2.24) is 0 Å². The molecule has 0 unspecified atom stereocenters. The zero-order chi connectivity index (χ0) is 5.70. The summed E-state index contributed by atoms with van der Waals surface area (Å²) in [4.78, 5) is 0. The quantitative estimate of drug-likeness (QED) is 0.568. The summed E-state index contributed by atoms with van der Waals surface area (Å²) < 4.78 is 0. The van der Waals surface area contributed by atoms with Crippen molar-refractivity contribution >= 4 is 25.5 Å². The summed E-state index contributed by atoms with van der Waals surface area (Å²) >= 11 is -2.13. The van der Waals surface area contributed by atoms with Gasteiger partial charge in [0.15, 0.2) is 0 Å². The summed E-state index contributed by atoms with van der Waals surface area (Å²) in [7, 11) is 15.0. The number of rotatable bonds is 0. The van der Waals surface area contributed by atoms with Gasteiger partial charge < -0.3 is 0 Å². The molecule has 1 aliphatic carbocycles. The van der Waals surface area contributed by atoms with Crippen LogP contribution in [0.5, 0.6) is 0 Å². The first-order valence-corrected chi connectivity index (χ1v) is 11.2. The molecule has 0 heterocycles. The number of halogens is 3. The Morgan fingerprint density at radius 3 is 1.29 bits per heavy atom. The maximum atomic E-state index is 5.00. The molecule has 7 heavy (non-hydrogen) atoms. The molecule has 0 spiro atoms. The van der Waals surface area contributed by atoms with Crippen molar-refractivity contribution in [3.8, 4) is 0 Å². The van der Waals surface area contributed by atoms with Crippen molar-refractivity contribution in [2.75, 3.05) is 0 Å². The van der Waals surface area contributed by atoms with E-state index < -0.39 is 18.2 Å². The maximum absolute atomic E-state index is 5.00. The Kier molecular flexibility index (Phi) is 6.83. The van der Waals surface area contributed by atoms with Crippen molar-refractivity contribution in [3.63, 3.8) is 0 Å². The van der Waals surface area contributed by atoms with Gasteiger partial charge in [0.05, 0.1) is 0 Å². The number of allylic oxidation sites excluding steroid dienone is 2. The molecule has 41 valence electrons. The Morgan fingerprint density at radius 1 is 1.14 bits per heavy atom. The molecule has 0 nitrogen and oxygen atoms in total. The molecular weight excluding hydrogens is 234 g/mol. The van der Waals surface area contributed by atoms with Gasteiger partial charge in [0.2, 0.25) is 0 Å². The van der Waals surface area contributed by atoms with Crippen LogP contribution < -0.4 is 0 Å². The van der Waals surface area contributed by atoms with Gasteiger partial charge in [-0.2, -0.15) is 0 Å². The second-order valence-corrected chi connectivity index (χ2v) is 12.1. The van der Waals surface area contributed by atoms with Gasteiger partial charge in [-0.1, -0.05) is 12.2 Å². The second kappa shape index (κ2) is 5.63. The van der Waals surface area contributed by atoms with Gasteiger partial charge in [0.1, 0.15) is 0 Å². The van der Waals surface area contributed by atoms with Crippen LogP contribution in [-0.2, 0) is 18.2 Å². The molecular formula is C3H4Cl3Zr. The molecule has 0 radical (unpaired) electrons. The molecule has 0 bridgehead atoms. The van der Waals surface area contributed by atoms with Gasteiger partial charge in [0.25, 0.3) is 0 Å². The van der Waals surface area contributed by atoms with Gasteiger partial charge in [0, 0.05) is 0 Å². The normalized spacial score (nSPS) is 11.9. The van der Waals surface area contributed by atoms with Crippen LogP contribution in [-0.4, -0.2) is 0 Å². The zero-order valence-corrected chi connectivity index (χ0v) is 8.22. The van der Waals surface area contributed by atoms with Gasteiger partial charge in [-0.25, -0.2) is 0 Å². The minimum absolute atomic E-state index is 1.25. The van der Waals surface area contributed by atoms with Crippen LogP contribution in [0.1, 0.15) is 6.42 Å².